The van der Waals surface area contributed by atoms with Gasteiger partial charge in [0.05, 0.1) is 11.0 Å². The first-order valence-electron chi connectivity index (χ1n) is 6.72. The summed E-state index contributed by atoms with van der Waals surface area (Å²) in [5.74, 6) is 0.563. The van der Waals surface area contributed by atoms with Crippen LogP contribution in [-0.4, -0.2) is 29.5 Å². The van der Waals surface area contributed by atoms with E-state index in [0.29, 0.717) is 23.0 Å². The first kappa shape index (κ1) is 12.9. The van der Waals surface area contributed by atoms with Gasteiger partial charge in [0.2, 0.25) is 0 Å². The Morgan fingerprint density at radius 3 is 3.20 bits per heavy atom. The van der Waals surface area contributed by atoms with E-state index in [1.54, 1.807) is 6.07 Å². The van der Waals surface area contributed by atoms with Crippen molar-refractivity contribution in [3.63, 3.8) is 0 Å². The number of oxazole rings is 1. The minimum absolute atomic E-state index is 0.0108. The monoisotopic (exact) mass is 276 g/mol. The molecule has 0 bridgehead atoms. The van der Waals surface area contributed by atoms with Crippen molar-refractivity contribution >= 4 is 22.8 Å². The number of nitro groups is 1. The SMILES string of the molecule is O=[N+]([O-])c1ccc2nc(NCC3CCCNC3)oc2c1. The first-order valence-corrected chi connectivity index (χ1v) is 6.72. The zero-order chi connectivity index (χ0) is 13.9. The summed E-state index contributed by atoms with van der Waals surface area (Å²) in [6, 6.07) is 4.85. The van der Waals surface area contributed by atoms with Crippen LogP contribution in [0.25, 0.3) is 11.1 Å². The van der Waals surface area contributed by atoms with Crippen molar-refractivity contribution in [1.29, 1.82) is 0 Å². The number of benzene rings is 1. The van der Waals surface area contributed by atoms with Crippen molar-refractivity contribution in [2.75, 3.05) is 25.0 Å². The molecule has 2 aromatic rings. The van der Waals surface area contributed by atoms with E-state index < -0.39 is 4.92 Å². The Labute approximate surface area is 115 Å². The Morgan fingerprint density at radius 1 is 1.55 bits per heavy atom. The van der Waals surface area contributed by atoms with Crippen LogP contribution < -0.4 is 10.6 Å². The standard InChI is InChI=1S/C13H16N4O3/c18-17(19)10-3-4-11-12(6-10)20-13(16-11)15-8-9-2-1-5-14-7-9/h3-4,6,9,14H,1-2,5,7-8H2,(H,15,16). The number of nitrogens with zero attached hydrogens (tertiary/aromatic N) is 2. The van der Waals surface area contributed by atoms with Crippen LogP contribution in [-0.2, 0) is 0 Å². The van der Waals surface area contributed by atoms with Gasteiger partial charge in [0.25, 0.3) is 11.7 Å². The molecule has 7 heteroatoms. The number of piperidine rings is 1. The number of nitro benzene ring substituents is 1. The molecule has 106 valence electrons. The summed E-state index contributed by atoms with van der Waals surface area (Å²) in [5.41, 5.74) is 1.07. The zero-order valence-corrected chi connectivity index (χ0v) is 11.0. The van der Waals surface area contributed by atoms with Gasteiger partial charge in [0, 0.05) is 12.6 Å². The van der Waals surface area contributed by atoms with Crippen LogP contribution in [0.5, 0.6) is 0 Å². The fraction of sp³-hybridized carbons (Fsp3) is 0.462. The number of anilines is 1. The van der Waals surface area contributed by atoms with Gasteiger partial charge in [-0.3, -0.25) is 10.1 Å². The molecule has 0 saturated carbocycles. The van der Waals surface area contributed by atoms with Gasteiger partial charge in [-0.15, -0.1) is 0 Å². The van der Waals surface area contributed by atoms with E-state index in [2.05, 4.69) is 15.6 Å². The molecular weight excluding hydrogens is 260 g/mol. The maximum atomic E-state index is 10.7. The molecule has 0 amide bonds. The molecule has 1 atom stereocenters. The van der Waals surface area contributed by atoms with Crippen LogP contribution in [0.2, 0.25) is 0 Å². The van der Waals surface area contributed by atoms with Gasteiger partial charge in [0.1, 0.15) is 5.52 Å². The lowest BCUT2D eigenvalue weighted by molar-refractivity contribution is -0.384. The molecule has 0 aliphatic carbocycles. The summed E-state index contributed by atoms with van der Waals surface area (Å²) in [4.78, 5) is 14.5. The maximum Gasteiger partial charge on any atom is 0.295 e. The molecule has 1 aliphatic rings. The van der Waals surface area contributed by atoms with Crippen LogP contribution in [0.15, 0.2) is 22.6 Å². The van der Waals surface area contributed by atoms with Crippen molar-refractivity contribution in [2.24, 2.45) is 5.92 Å². The second-order valence-corrected chi connectivity index (χ2v) is 5.02. The van der Waals surface area contributed by atoms with E-state index in [0.717, 1.165) is 19.6 Å². The van der Waals surface area contributed by atoms with E-state index >= 15 is 0 Å². The van der Waals surface area contributed by atoms with Gasteiger partial charge in [-0.05, 0) is 37.9 Å². The highest BCUT2D eigenvalue weighted by Crippen LogP contribution is 2.24. The number of rotatable bonds is 4. The van der Waals surface area contributed by atoms with E-state index in [-0.39, 0.29) is 5.69 Å². The Bertz CT molecular complexity index is 619. The molecule has 7 nitrogen and oxygen atoms in total. The molecule has 2 heterocycles. The topological polar surface area (TPSA) is 93.2 Å². The smallest absolute Gasteiger partial charge is 0.295 e. The highest BCUT2D eigenvalue weighted by molar-refractivity contribution is 5.77. The summed E-state index contributed by atoms with van der Waals surface area (Å²) >= 11 is 0. The minimum atomic E-state index is -0.442. The molecule has 1 fully saturated rings. The zero-order valence-electron chi connectivity index (χ0n) is 11.0. The van der Waals surface area contributed by atoms with Crippen molar-refractivity contribution < 1.29 is 9.34 Å². The average Bonchev–Trinajstić information content (AvgIpc) is 2.88. The fourth-order valence-electron chi connectivity index (χ4n) is 2.43. The Kier molecular flexibility index (Phi) is 3.51. The van der Waals surface area contributed by atoms with E-state index in [1.807, 2.05) is 0 Å². The summed E-state index contributed by atoms with van der Waals surface area (Å²) in [7, 11) is 0. The third-order valence-corrected chi connectivity index (χ3v) is 3.52. The molecule has 1 unspecified atom stereocenters. The molecule has 20 heavy (non-hydrogen) atoms. The second-order valence-electron chi connectivity index (χ2n) is 5.02. The van der Waals surface area contributed by atoms with Gasteiger partial charge in [0.15, 0.2) is 5.58 Å². The number of hydrogen-bond acceptors (Lipinski definition) is 6. The molecule has 1 aromatic heterocycles. The summed E-state index contributed by atoms with van der Waals surface area (Å²) in [6.07, 6.45) is 2.37. The van der Waals surface area contributed by atoms with Gasteiger partial charge in [-0.2, -0.15) is 4.98 Å². The van der Waals surface area contributed by atoms with Crippen LogP contribution in [0, 0.1) is 16.0 Å². The number of non-ortho nitro benzene ring substituents is 1. The third-order valence-electron chi connectivity index (χ3n) is 3.52. The second kappa shape index (κ2) is 5.46. The van der Waals surface area contributed by atoms with Gasteiger partial charge in [-0.25, -0.2) is 0 Å². The summed E-state index contributed by atoms with van der Waals surface area (Å²) < 4.78 is 5.50. The third kappa shape index (κ3) is 2.72. The quantitative estimate of drug-likeness (QED) is 0.656. The van der Waals surface area contributed by atoms with Crippen LogP contribution in [0.3, 0.4) is 0 Å². The predicted octanol–water partition coefficient (Wildman–Crippen LogP) is 2.15. The molecule has 3 rings (SSSR count). The Morgan fingerprint density at radius 2 is 2.45 bits per heavy atom. The number of hydrogen-bond donors (Lipinski definition) is 2. The van der Waals surface area contributed by atoms with Gasteiger partial charge in [-0.1, -0.05) is 0 Å². The average molecular weight is 276 g/mol. The number of nitrogens with one attached hydrogen (secondary N) is 2. The predicted molar refractivity (Wildman–Crippen MR) is 74.7 cm³/mol. The lowest BCUT2D eigenvalue weighted by atomic mass is 10.00. The lowest BCUT2D eigenvalue weighted by Gasteiger charge is -2.22. The van der Waals surface area contributed by atoms with E-state index in [4.69, 9.17) is 4.42 Å². The molecule has 0 radical (unpaired) electrons. The van der Waals surface area contributed by atoms with Crippen molar-refractivity contribution in [1.82, 2.24) is 10.3 Å². The Hall–Kier alpha value is -2.15. The minimum Gasteiger partial charge on any atom is -0.423 e. The fourth-order valence-corrected chi connectivity index (χ4v) is 2.43. The number of fused-ring (bicyclic) bond motifs is 1. The van der Waals surface area contributed by atoms with Crippen molar-refractivity contribution in [2.45, 2.75) is 12.8 Å². The van der Waals surface area contributed by atoms with E-state index in [9.17, 15) is 10.1 Å². The molecule has 1 aromatic carbocycles. The number of aromatic nitrogens is 1. The van der Waals surface area contributed by atoms with E-state index in [1.165, 1.54) is 25.0 Å². The van der Waals surface area contributed by atoms with Crippen molar-refractivity contribution in [3.8, 4) is 0 Å². The lowest BCUT2D eigenvalue weighted by Crippen LogP contribution is -2.33. The molecule has 0 spiro atoms. The molecule has 1 aliphatic heterocycles. The van der Waals surface area contributed by atoms with Crippen LogP contribution >= 0.6 is 0 Å². The largest absolute Gasteiger partial charge is 0.423 e. The van der Waals surface area contributed by atoms with Gasteiger partial charge >= 0.3 is 0 Å². The summed E-state index contributed by atoms with van der Waals surface area (Å²) in [5, 5.41) is 17.2. The highest BCUT2D eigenvalue weighted by atomic mass is 16.6. The first-order chi connectivity index (χ1) is 9.72. The normalized spacial score (nSPS) is 19.1. The van der Waals surface area contributed by atoms with Crippen LogP contribution in [0.1, 0.15) is 12.8 Å². The molecule has 2 N–H and O–H groups in total. The van der Waals surface area contributed by atoms with Gasteiger partial charge < -0.3 is 15.1 Å². The van der Waals surface area contributed by atoms with Crippen LogP contribution in [0.4, 0.5) is 11.7 Å². The Balaban J connectivity index is 1.70. The van der Waals surface area contributed by atoms with Crippen molar-refractivity contribution in [3.05, 3.63) is 28.3 Å². The maximum absolute atomic E-state index is 10.7. The molecular formula is C13H16N4O3. The molecule has 1 saturated heterocycles. The highest BCUT2D eigenvalue weighted by Gasteiger charge is 2.15. The summed E-state index contributed by atoms with van der Waals surface area (Å²) in [6.45, 7) is 2.88.